The summed E-state index contributed by atoms with van der Waals surface area (Å²) in [6.07, 6.45) is 8.97. The van der Waals surface area contributed by atoms with Gasteiger partial charge in [0.25, 0.3) is 0 Å². The van der Waals surface area contributed by atoms with E-state index in [0.717, 1.165) is 12.3 Å². The van der Waals surface area contributed by atoms with Gasteiger partial charge in [-0.3, -0.25) is 0 Å². The predicted octanol–water partition coefficient (Wildman–Crippen LogP) is 2.98. The van der Waals surface area contributed by atoms with Gasteiger partial charge in [0.05, 0.1) is 0 Å². The van der Waals surface area contributed by atoms with E-state index in [0.29, 0.717) is 0 Å². The van der Waals surface area contributed by atoms with E-state index in [9.17, 15) is 0 Å². The highest BCUT2D eigenvalue weighted by atomic mass is 32.1. The molecule has 0 radical (unpaired) electrons. The minimum atomic E-state index is 0.771. The number of imidazole rings is 1. The van der Waals surface area contributed by atoms with E-state index in [-0.39, 0.29) is 0 Å². The quantitative estimate of drug-likeness (QED) is 0.844. The zero-order valence-corrected chi connectivity index (χ0v) is 13.0. The predicted molar refractivity (Wildman–Crippen MR) is 84.1 cm³/mol. The highest BCUT2D eigenvalue weighted by molar-refractivity contribution is 7.09. The zero-order valence-electron chi connectivity index (χ0n) is 12.2. The maximum Gasteiger partial charge on any atom is 0.108 e. The van der Waals surface area contributed by atoms with Crippen molar-refractivity contribution < 1.29 is 0 Å². The topological polar surface area (TPSA) is 21.1 Å². The number of hydrogen-bond donors (Lipinski definition) is 0. The van der Waals surface area contributed by atoms with Crippen LogP contribution in [0.3, 0.4) is 0 Å². The Morgan fingerprint density at radius 2 is 2.40 bits per heavy atom. The molecule has 0 amide bonds. The van der Waals surface area contributed by atoms with Gasteiger partial charge in [-0.1, -0.05) is 6.07 Å². The lowest BCUT2D eigenvalue weighted by atomic mass is 9.94. The van der Waals surface area contributed by atoms with Crippen LogP contribution in [0.15, 0.2) is 29.9 Å². The standard InChI is InChI=1S/C16H23N3S/c1-18-10-7-17-16(18)12-14-4-2-8-19(13-14)9-6-15-5-3-11-20-15/h3,5,7,10-11,14H,2,4,6,8-9,12-13H2,1H3/t14-/m1/s1. The van der Waals surface area contributed by atoms with E-state index in [4.69, 9.17) is 0 Å². The molecule has 20 heavy (non-hydrogen) atoms. The average molecular weight is 289 g/mol. The minimum Gasteiger partial charge on any atom is -0.338 e. The van der Waals surface area contributed by atoms with Gasteiger partial charge in [0.2, 0.25) is 0 Å². The van der Waals surface area contributed by atoms with Crippen LogP contribution in [0.1, 0.15) is 23.5 Å². The Morgan fingerprint density at radius 3 is 3.15 bits per heavy atom. The number of rotatable bonds is 5. The van der Waals surface area contributed by atoms with Gasteiger partial charge in [-0.05, 0) is 43.2 Å². The number of aryl methyl sites for hydroxylation is 1. The second kappa shape index (κ2) is 6.55. The van der Waals surface area contributed by atoms with E-state index in [1.165, 1.54) is 49.6 Å². The molecule has 1 aliphatic heterocycles. The number of hydrogen-bond acceptors (Lipinski definition) is 3. The molecule has 0 bridgehead atoms. The molecule has 0 spiro atoms. The van der Waals surface area contributed by atoms with Crippen molar-refractivity contribution in [2.45, 2.75) is 25.7 Å². The van der Waals surface area contributed by atoms with Crippen molar-refractivity contribution in [3.63, 3.8) is 0 Å². The average Bonchev–Trinajstić information content (AvgIpc) is 3.10. The SMILES string of the molecule is Cn1ccnc1C[C@H]1CCCN(CCc2cccs2)C1. The molecule has 0 aliphatic carbocycles. The van der Waals surface area contributed by atoms with Crippen LogP contribution >= 0.6 is 11.3 Å². The molecule has 1 saturated heterocycles. The van der Waals surface area contributed by atoms with Gasteiger partial charge in [0, 0.05) is 43.8 Å². The lowest BCUT2D eigenvalue weighted by Crippen LogP contribution is -2.37. The van der Waals surface area contributed by atoms with Gasteiger partial charge in [-0.2, -0.15) is 0 Å². The van der Waals surface area contributed by atoms with Crippen LogP contribution in [0.4, 0.5) is 0 Å². The van der Waals surface area contributed by atoms with Crippen molar-refractivity contribution in [3.05, 3.63) is 40.6 Å². The summed E-state index contributed by atoms with van der Waals surface area (Å²) in [5.41, 5.74) is 0. The van der Waals surface area contributed by atoms with Gasteiger partial charge in [0.15, 0.2) is 0 Å². The molecule has 3 nitrogen and oxygen atoms in total. The number of piperidine rings is 1. The molecule has 1 atom stereocenters. The van der Waals surface area contributed by atoms with Crippen LogP contribution in [0.25, 0.3) is 0 Å². The van der Waals surface area contributed by atoms with Crippen molar-refractivity contribution in [2.24, 2.45) is 13.0 Å². The van der Waals surface area contributed by atoms with E-state index >= 15 is 0 Å². The second-order valence-electron chi connectivity index (χ2n) is 5.80. The lowest BCUT2D eigenvalue weighted by molar-refractivity contribution is 0.174. The minimum absolute atomic E-state index is 0.771. The first-order valence-corrected chi connectivity index (χ1v) is 8.40. The first-order valence-electron chi connectivity index (χ1n) is 7.52. The Labute approximate surface area is 125 Å². The molecular weight excluding hydrogens is 266 g/mol. The second-order valence-corrected chi connectivity index (χ2v) is 6.83. The largest absolute Gasteiger partial charge is 0.338 e. The fourth-order valence-electron chi connectivity index (χ4n) is 3.10. The summed E-state index contributed by atoms with van der Waals surface area (Å²) >= 11 is 1.88. The smallest absolute Gasteiger partial charge is 0.108 e. The third-order valence-electron chi connectivity index (χ3n) is 4.25. The maximum absolute atomic E-state index is 4.47. The highest BCUT2D eigenvalue weighted by Crippen LogP contribution is 2.21. The summed E-state index contributed by atoms with van der Waals surface area (Å²) < 4.78 is 2.16. The van der Waals surface area contributed by atoms with E-state index in [1.54, 1.807) is 0 Å². The molecule has 108 valence electrons. The number of likely N-dealkylation sites (tertiary alicyclic amines) is 1. The van der Waals surface area contributed by atoms with Crippen molar-refractivity contribution >= 4 is 11.3 Å². The summed E-state index contributed by atoms with van der Waals surface area (Å²) in [5.74, 6) is 2.00. The molecule has 0 N–H and O–H groups in total. The monoisotopic (exact) mass is 289 g/mol. The Balaban J connectivity index is 1.50. The Hall–Kier alpha value is -1.13. The molecule has 0 saturated carbocycles. The Morgan fingerprint density at radius 1 is 1.45 bits per heavy atom. The van der Waals surface area contributed by atoms with Crippen LogP contribution in [0.5, 0.6) is 0 Å². The van der Waals surface area contributed by atoms with Gasteiger partial charge in [-0.15, -0.1) is 11.3 Å². The van der Waals surface area contributed by atoms with Crippen LogP contribution in [-0.2, 0) is 19.9 Å². The van der Waals surface area contributed by atoms with E-state index in [1.807, 2.05) is 23.7 Å². The van der Waals surface area contributed by atoms with Crippen molar-refractivity contribution in [1.82, 2.24) is 14.5 Å². The third-order valence-corrected chi connectivity index (χ3v) is 5.19. The fourth-order valence-corrected chi connectivity index (χ4v) is 3.79. The summed E-state index contributed by atoms with van der Waals surface area (Å²) in [5, 5.41) is 2.18. The maximum atomic E-state index is 4.47. The van der Waals surface area contributed by atoms with Crippen LogP contribution in [-0.4, -0.2) is 34.1 Å². The number of aromatic nitrogens is 2. The van der Waals surface area contributed by atoms with E-state index < -0.39 is 0 Å². The number of nitrogens with zero attached hydrogens (tertiary/aromatic N) is 3. The summed E-state index contributed by atoms with van der Waals surface area (Å²) in [6, 6.07) is 4.40. The van der Waals surface area contributed by atoms with Crippen molar-refractivity contribution in [3.8, 4) is 0 Å². The van der Waals surface area contributed by atoms with Gasteiger partial charge in [-0.25, -0.2) is 4.98 Å². The first kappa shape index (κ1) is 13.8. The van der Waals surface area contributed by atoms with Gasteiger partial charge >= 0.3 is 0 Å². The summed E-state index contributed by atoms with van der Waals surface area (Å²) in [6.45, 7) is 3.71. The zero-order chi connectivity index (χ0) is 13.8. The molecule has 0 unspecified atom stereocenters. The number of thiophene rings is 1. The molecule has 1 aliphatic rings. The Bertz CT molecular complexity index is 518. The van der Waals surface area contributed by atoms with Crippen molar-refractivity contribution in [1.29, 1.82) is 0 Å². The molecule has 2 aromatic rings. The van der Waals surface area contributed by atoms with Crippen LogP contribution in [0.2, 0.25) is 0 Å². The fraction of sp³-hybridized carbons (Fsp3) is 0.562. The van der Waals surface area contributed by atoms with Crippen LogP contribution in [0, 0.1) is 5.92 Å². The molecule has 1 fully saturated rings. The summed E-state index contributed by atoms with van der Waals surface area (Å²) in [4.78, 5) is 8.61. The normalized spacial score (nSPS) is 20.4. The lowest BCUT2D eigenvalue weighted by Gasteiger charge is -2.32. The molecule has 2 aromatic heterocycles. The van der Waals surface area contributed by atoms with Gasteiger partial charge in [0.1, 0.15) is 5.82 Å². The van der Waals surface area contributed by atoms with Crippen LogP contribution < -0.4 is 0 Å². The first-order chi connectivity index (χ1) is 9.81. The highest BCUT2D eigenvalue weighted by Gasteiger charge is 2.21. The van der Waals surface area contributed by atoms with Gasteiger partial charge < -0.3 is 9.47 Å². The molecule has 0 aromatic carbocycles. The Kier molecular flexibility index (Phi) is 4.53. The molecule has 4 heteroatoms. The van der Waals surface area contributed by atoms with E-state index in [2.05, 4.69) is 39.0 Å². The molecule has 3 heterocycles. The summed E-state index contributed by atoms with van der Waals surface area (Å²) in [7, 11) is 2.10. The molecule has 3 rings (SSSR count). The molecular formula is C16H23N3S. The third kappa shape index (κ3) is 3.49. The van der Waals surface area contributed by atoms with Crippen molar-refractivity contribution in [2.75, 3.05) is 19.6 Å².